The van der Waals surface area contributed by atoms with E-state index in [9.17, 15) is 0 Å². The van der Waals surface area contributed by atoms with Crippen molar-refractivity contribution in [2.45, 2.75) is 38.8 Å². The number of likely N-dealkylation sites (tertiary alicyclic amines) is 1. The molecule has 0 spiro atoms. The molecule has 1 aliphatic rings. The lowest BCUT2D eigenvalue weighted by Gasteiger charge is -2.26. The maximum absolute atomic E-state index is 3.42. The molecule has 0 aromatic heterocycles. The molecule has 1 saturated heterocycles. The lowest BCUT2D eigenvalue weighted by molar-refractivity contribution is 0.215. The first kappa shape index (κ1) is 16.5. The van der Waals surface area contributed by atoms with Crippen molar-refractivity contribution in [3.05, 3.63) is 35.4 Å². The number of nitrogens with one attached hydrogen (secondary N) is 1. The quantitative estimate of drug-likeness (QED) is 0.741. The normalized spacial score (nSPS) is 19.5. The van der Waals surface area contributed by atoms with Gasteiger partial charge in [-0.25, -0.2) is 0 Å². The summed E-state index contributed by atoms with van der Waals surface area (Å²) in [6.07, 6.45) is 3.83. The minimum atomic E-state index is 0.740. The molecule has 1 fully saturated rings. The third kappa shape index (κ3) is 5.10. The van der Waals surface area contributed by atoms with Gasteiger partial charge in [0, 0.05) is 19.1 Å². The average molecular weight is 289 g/mol. The Labute approximate surface area is 130 Å². The summed E-state index contributed by atoms with van der Waals surface area (Å²) >= 11 is 0. The van der Waals surface area contributed by atoms with Crippen molar-refractivity contribution in [1.82, 2.24) is 15.1 Å². The van der Waals surface area contributed by atoms with E-state index in [1.54, 1.807) is 0 Å². The Kier molecular flexibility index (Phi) is 6.68. The summed E-state index contributed by atoms with van der Waals surface area (Å²) in [6, 6.07) is 9.64. The van der Waals surface area contributed by atoms with Gasteiger partial charge in [0.25, 0.3) is 0 Å². The molecule has 0 saturated carbocycles. The zero-order valence-corrected chi connectivity index (χ0v) is 13.9. The van der Waals surface area contributed by atoms with E-state index in [4.69, 9.17) is 0 Å². The van der Waals surface area contributed by atoms with E-state index < -0.39 is 0 Å². The van der Waals surface area contributed by atoms with Gasteiger partial charge in [0.15, 0.2) is 0 Å². The molecule has 3 nitrogen and oxygen atoms in total. The molecule has 1 aromatic rings. The number of benzene rings is 1. The third-order valence-corrected chi connectivity index (χ3v) is 4.57. The van der Waals surface area contributed by atoms with Crippen molar-refractivity contribution in [2.75, 3.05) is 40.3 Å². The van der Waals surface area contributed by atoms with Crippen LogP contribution in [0.1, 0.15) is 30.9 Å². The molecule has 1 unspecified atom stereocenters. The Morgan fingerprint density at radius 3 is 2.71 bits per heavy atom. The fourth-order valence-electron chi connectivity index (χ4n) is 3.28. The lowest BCUT2D eigenvalue weighted by atomic mass is 10.0. The highest BCUT2D eigenvalue weighted by Gasteiger charge is 2.22. The Balaban J connectivity index is 1.88. The molecular weight excluding hydrogens is 258 g/mol. The van der Waals surface area contributed by atoms with Gasteiger partial charge in [0.2, 0.25) is 0 Å². The second-order valence-electron chi connectivity index (χ2n) is 6.35. The summed E-state index contributed by atoms with van der Waals surface area (Å²) in [4.78, 5) is 4.99. The van der Waals surface area contributed by atoms with E-state index >= 15 is 0 Å². The highest BCUT2D eigenvalue weighted by atomic mass is 15.2. The fraction of sp³-hybridized carbons (Fsp3) is 0.667. The van der Waals surface area contributed by atoms with Crippen LogP contribution in [0.5, 0.6) is 0 Å². The van der Waals surface area contributed by atoms with Crippen molar-refractivity contribution in [3.63, 3.8) is 0 Å². The van der Waals surface area contributed by atoms with Crippen molar-refractivity contribution in [3.8, 4) is 0 Å². The maximum Gasteiger partial charge on any atom is 0.0234 e. The van der Waals surface area contributed by atoms with Gasteiger partial charge in [-0.1, -0.05) is 31.2 Å². The van der Waals surface area contributed by atoms with Crippen LogP contribution in [0.15, 0.2) is 24.3 Å². The SMILES string of the molecule is CCNCCc1ccccc1CN(C)CC1CCCN1C. The molecule has 0 bridgehead atoms. The first-order chi connectivity index (χ1) is 10.2. The van der Waals surface area contributed by atoms with Crippen molar-refractivity contribution in [1.29, 1.82) is 0 Å². The highest BCUT2D eigenvalue weighted by Crippen LogP contribution is 2.17. The van der Waals surface area contributed by atoms with E-state index in [0.29, 0.717) is 0 Å². The van der Waals surface area contributed by atoms with Gasteiger partial charge < -0.3 is 15.1 Å². The Morgan fingerprint density at radius 2 is 2.05 bits per heavy atom. The second kappa shape index (κ2) is 8.52. The van der Waals surface area contributed by atoms with E-state index in [1.807, 2.05) is 0 Å². The lowest BCUT2D eigenvalue weighted by Crippen LogP contribution is -2.36. The van der Waals surface area contributed by atoms with Crippen molar-refractivity contribution in [2.24, 2.45) is 0 Å². The number of likely N-dealkylation sites (N-methyl/N-ethyl adjacent to an activating group) is 3. The number of hydrogen-bond donors (Lipinski definition) is 1. The van der Waals surface area contributed by atoms with Gasteiger partial charge in [-0.2, -0.15) is 0 Å². The van der Waals surface area contributed by atoms with Gasteiger partial charge in [-0.15, -0.1) is 0 Å². The standard InChI is InChI=1S/C18H31N3/c1-4-19-12-11-16-8-5-6-9-17(16)14-20(2)15-18-10-7-13-21(18)3/h5-6,8-9,18-19H,4,7,10-15H2,1-3H3. The largest absolute Gasteiger partial charge is 0.317 e. The maximum atomic E-state index is 3.42. The van der Waals surface area contributed by atoms with Gasteiger partial charge >= 0.3 is 0 Å². The third-order valence-electron chi connectivity index (χ3n) is 4.57. The average Bonchev–Trinajstić information content (AvgIpc) is 2.86. The smallest absolute Gasteiger partial charge is 0.0234 e. The van der Waals surface area contributed by atoms with Gasteiger partial charge in [0.05, 0.1) is 0 Å². The predicted molar refractivity (Wildman–Crippen MR) is 90.7 cm³/mol. The van der Waals surface area contributed by atoms with E-state index in [1.165, 1.54) is 37.1 Å². The van der Waals surface area contributed by atoms with Crippen LogP contribution < -0.4 is 5.32 Å². The Morgan fingerprint density at radius 1 is 1.29 bits per heavy atom. The van der Waals surface area contributed by atoms with Crippen LogP contribution in [-0.2, 0) is 13.0 Å². The minimum Gasteiger partial charge on any atom is -0.317 e. The summed E-state index contributed by atoms with van der Waals surface area (Å²) in [5.41, 5.74) is 2.98. The van der Waals surface area contributed by atoms with E-state index in [0.717, 1.165) is 32.1 Å². The zero-order chi connectivity index (χ0) is 15.1. The molecule has 1 heterocycles. The molecule has 2 rings (SSSR count). The number of rotatable bonds is 8. The van der Waals surface area contributed by atoms with E-state index in [-0.39, 0.29) is 0 Å². The monoisotopic (exact) mass is 289 g/mol. The van der Waals surface area contributed by atoms with Crippen LogP contribution >= 0.6 is 0 Å². The van der Waals surface area contributed by atoms with Crippen molar-refractivity contribution >= 4 is 0 Å². The Hall–Kier alpha value is -0.900. The summed E-state index contributed by atoms with van der Waals surface area (Å²) in [5.74, 6) is 0. The van der Waals surface area contributed by atoms with Crippen molar-refractivity contribution < 1.29 is 0 Å². The number of hydrogen-bond acceptors (Lipinski definition) is 3. The molecule has 0 radical (unpaired) electrons. The van der Waals surface area contributed by atoms with E-state index in [2.05, 4.69) is 60.4 Å². The Bertz CT molecular complexity index is 419. The summed E-state index contributed by atoms with van der Waals surface area (Å²) in [6.45, 7) is 7.79. The van der Waals surface area contributed by atoms with Gasteiger partial charge in [-0.3, -0.25) is 0 Å². The molecule has 1 aliphatic heterocycles. The summed E-state index contributed by atoms with van der Waals surface area (Å²) < 4.78 is 0. The molecular formula is C18H31N3. The minimum absolute atomic E-state index is 0.740. The molecule has 118 valence electrons. The molecule has 3 heteroatoms. The van der Waals surface area contributed by atoms with Gasteiger partial charge in [-0.05, 0) is 64.1 Å². The molecule has 1 aromatic carbocycles. The first-order valence-electron chi connectivity index (χ1n) is 8.37. The second-order valence-corrected chi connectivity index (χ2v) is 6.35. The highest BCUT2D eigenvalue weighted by molar-refractivity contribution is 5.27. The topological polar surface area (TPSA) is 18.5 Å². The van der Waals surface area contributed by atoms with Crippen LogP contribution in [-0.4, -0.2) is 56.1 Å². The molecule has 0 aliphatic carbocycles. The molecule has 1 N–H and O–H groups in total. The van der Waals surface area contributed by atoms with Gasteiger partial charge in [0.1, 0.15) is 0 Å². The fourth-order valence-corrected chi connectivity index (χ4v) is 3.28. The van der Waals surface area contributed by atoms with Crippen LogP contribution in [0.3, 0.4) is 0 Å². The first-order valence-corrected chi connectivity index (χ1v) is 8.37. The summed E-state index contributed by atoms with van der Waals surface area (Å²) in [5, 5.41) is 3.42. The predicted octanol–water partition coefficient (Wildman–Crippen LogP) is 2.36. The van der Waals surface area contributed by atoms with Crippen LogP contribution in [0.4, 0.5) is 0 Å². The molecule has 1 atom stereocenters. The zero-order valence-electron chi connectivity index (χ0n) is 13.9. The van der Waals surface area contributed by atoms with Crippen LogP contribution in [0.25, 0.3) is 0 Å². The molecule has 21 heavy (non-hydrogen) atoms. The molecule has 0 amide bonds. The van der Waals surface area contributed by atoms with Crippen LogP contribution in [0, 0.1) is 0 Å². The van der Waals surface area contributed by atoms with Crippen LogP contribution in [0.2, 0.25) is 0 Å². The summed E-state index contributed by atoms with van der Waals surface area (Å²) in [7, 11) is 4.52. The number of nitrogens with zero attached hydrogens (tertiary/aromatic N) is 2.